The van der Waals surface area contributed by atoms with Gasteiger partial charge < -0.3 is 10.4 Å². The highest BCUT2D eigenvalue weighted by atomic mass is 19.4. The lowest BCUT2D eigenvalue weighted by molar-refractivity contribution is -0.142. The molecule has 2 rings (SSSR count). The third kappa shape index (κ3) is 2.80. The molecule has 0 radical (unpaired) electrons. The Balaban J connectivity index is 2.25. The zero-order valence-corrected chi connectivity index (χ0v) is 10.00. The van der Waals surface area contributed by atoms with Crippen LogP contribution in [0.15, 0.2) is 18.3 Å². The maximum atomic E-state index is 12.5. The van der Waals surface area contributed by atoms with Gasteiger partial charge in [0.25, 0.3) is 0 Å². The molecule has 0 atom stereocenters. The Bertz CT molecular complexity index is 482. The first-order valence-corrected chi connectivity index (χ1v) is 5.88. The van der Waals surface area contributed by atoms with E-state index in [2.05, 4.69) is 10.3 Å². The fourth-order valence-corrected chi connectivity index (χ4v) is 2.31. The zero-order valence-electron chi connectivity index (χ0n) is 10.00. The van der Waals surface area contributed by atoms with E-state index in [1.54, 1.807) is 0 Å². The lowest BCUT2D eigenvalue weighted by Gasteiger charge is -2.26. The van der Waals surface area contributed by atoms with Crippen LogP contribution in [0.2, 0.25) is 0 Å². The highest BCUT2D eigenvalue weighted by Crippen LogP contribution is 2.35. The summed E-state index contributed by atoms with van der Waals surface area (Å²) >= 11 is 0. The van der Waals surface area contributed by atoms with Crippen molar-refractivity contribution in [3.63, 3.8) is 0 Å². The lowest BCUT2D eigenvalue weighted by Crippen LogP contribution is -2.43. The molecule has 0 bridgehead atoms. The van der Waals surface area contributed by atoms with Gasteiger partial charge in [0.1, 0.15) is 11.2 Å². The van der Waals surface area contributed by atoms with E-state index in [4.69, 9.17) is 0 Å². The fraction of sp³-hybridized carbons (Fsp3) is 0.500. The largest absolute Gasteiger partial charge is 0.480 e. The molecule has 1 saturated carbocycles. The number of rotatable bonds is 3. The number of nitrogens with zero attached hydrogens (tertiary/aromatic N) is 1. The van der Waals surface area contributed by atoms with Crippen LogP contribution in [-0.2, 0) is 11.0 Å². The van der Waals surface area contributed by atoms with Crippen molar-refractivity contribution in [2.24, 2.45) is 0 Å². The van der Waals surface area contributed by atoms with Crippen LogP contribution in [0.3, 0.4) is 0 Å². The molecule has 0 saturated heterocycles. The number of pyridine rings is 1. The SMILES string of the molecule is O=C(O)C1(Nc2ccnc(C(F)(F)F)c2)CCCC1. The molecule has 2 N–H and O–H groups in total. The van der Waals surface area contributed by atoms with Crippen LogP contribution in [0, 0.1) is 0 Å². The number of hydrogen-bond acceptors (Lipinski definition) is 3. The van der Waals surface area contributed by atoms with Crippen LogP contribution in [0.25, 0.3) is 0 Å². The first kappa shape index (κ1) is 13.6. The van der Waals surface area contributed by atoms with Crippen molar-refractivity contribution in [3.05, 3.63) is 24.0 Å². The van der Waals surface area contributed by atoms with Gasteiger partial charge in [-0.1, -0.05) is 12.8 Å². The second kappa shape index (κ2) is 4.71. The van der Waals surface area contributed by atoms with Gasteiger partial charge in [-0.2, -0.15) is 13.2 Å². The summed E-state index contributed by atoms with van der Waals surface area (Å²) in [5, 5.41) is 12.0. The third-order valence-corrected chi connectivity index (χ3v) is 3.30. The summed E-state index contributed by atoms with van der Waals surface area (Å²) in [4.78, 5) is 14.5. The summed E-state index contributed by atoms with van der Waals surface area (Å²) in [6.07, 6.45) is -1.20. The maximum Gasteiger partial charge on any atom is 0.433 e. The number of carboxylic acid groups (broad SMARTS) is 1. The normalized spacial score (nSPS) is 18.3. The average molecular weight is 274 g/mol. The first-order valence-electron chi connectivity index (χ1n) is 5.88. The number of halogens is 3. The molecule has 1 aromatic heterocycles. The minimum atomic E-state index is -4.54. The standard InChI is InChI=1S/C12H13F3N2O2/c13-12(14,15)9-7-8(3-6-16-9)17-11(10(18)19)4-1-2-5-11/h3,6-7H,1-2,4-5H2,(H,16,17)(H,18,19). The van der Waals surface area contributed by atoms with Crippen molar-refractivity contribution >= 4 is 11.7 Å². The number of aliphatic carboxylic acids is 1. The number of carboxylic acids is 1. The minimum absolute atomic E-state index is 0.131. The number of hydrogen-bond donors (Lipinski definition) is 2. The van der Waals surface area contributed by atoms with Crippen molar-refractivity contribution in [1.29, 1.82) is 0 Å². The predicted molar refractivity (Wildman–Crippen MR) is 61.7 cm³/mol. The van der Waals surface area contributed by atoms with Crippen LogP contribution in [0.4, 0.5) is 18.9 Å². The molecule has 1 heterocycles. The van der Waals surface area contributed by atoms with Gasteiger partial charge in [-0.25, -0.2) is 4.79 Å². The van der Waals surface area contributed by atoms with Gasteiger partial charge in [0.05, 0.1) is 0 Å². The Morgan fingerprint density at radius 3 is 2.53 bits per heavy atom. The average Bonchev–Trinajstić information content (AvgIpc) is 2.78. The molecule has 0 spiro atoms. The minimum Gasteiger partial charge on any atom is -0.480 e. The van der Waals surface area contributed by atoms with E-state index in [0.717, 1.165) is 25.1 Å². The second-order valence-corrected chi connectivity index (χ2v) is 4.65. The molecule has 0 amide bonds. The van der Waals surface area contributed by atoms with Gasteiger partial charge in [0.2, 0.25) is 0 Å². The van der Waals surface area contributed by atoms with E-state index in [-0.39, 0.29) is 5.69 Å². The van der Waals surface area contributed by atoms with Crippen LogP contribution in [-0.4, -0.2) is 21.6 Å². The van der Waals surface area contributed by atoms with E-state index in [1.165, 1.54) is 6.07 Å². The molecule has 1 aliphatic carbocycles. The van der Waals surface area contributed by atoms with Gasteiger partial charge in [0, 0.05) is 11.9 Å². The molecule has 104 valence electrons. The lowest BCUT2D eigenvalue weighted by atomic mass is 9.97. The second-order valence-electron chi connectivity index (χ2n) is 4.65. The monoisotopic (exact) mass is 274 g/mol. The smallest absolute Gasteiger partial charge is 0.433 e. The highest BCUT2D eigenvalue weighted by molar-refractivity contribution is 5.83. The van der Waals surface area contributed by atoms with Crippen LogP contribution >= 0.6 is 0 Å². The van der Waals surface area contributed by atoms with Crippen molar-refractivity contribution in [2.75, 3.05) is 5.32 Å². The van der Waals surface area contributed by atoms with E-state index in [9.17, 15) is 23.1 Å². The molecule has 19 heavy (non-hydrogen) atoms. The van der Waals surface area contributed by atoms with E-state index in [0.29, 0.717) is 12.8 Å². The van der Waals surface area contributed by atoms with E-state index < -0.39 is 23.4 Å². The fourth-order valence-electron chi connectivity index (χ4n) is 2.31. The van der Waals surface area contributed by atoms with Crippen molar-refractivity contribution in [3.8, 4) is 0 Å². The van der Waals surface area contributed by atoms with Gasteiger partial charge >= 0.3 is 12.1 Å². The number of alkyl halides is 3. The summed E-state index contributed by atoms with van der Waals surface area (Å²) in [6.45, 7) is 0. The van der Waals surface area contributed by atoms with Crippen LogP contribution < -0.4 is 5.32 Å². The molecule has 0 unspecified atom stereocenters. The number of anilines is 1. The summed E-state index contributed by atoms with van der Waals surface area (Å²) in [7, 11) is 0. The molecule has 7 heteroatoms. The zero-order chi connectivity index (χ0) is 14.1. The third-order valence-electron chi connectivity index (χ3n) is 3.30. The highest BCUT2D eigenvalue weighted by Gasteiger charge is 2.41. The van der Waals surface area contributed by atoms with Crippen LogP contribution in [0.1, 0.15) is 31.4 Å². The van der Waals surface area contributed by atoms with Crippen LogP contribution in [0.5, 0.6) is 0 Å². The van der Waals surface area contributed by atoms with E-state index in [1.807, 2.05) is 0 Å². The summed E-state index contributed by atoms with van der Waals surface area (Å²) < 4.78 is 37.6. The molecule has 0 aliphatic heterocycles. The summed E-state index contributed by atoms with van der Waals surface area (Å²) in [5.41, 5.74) is -2.06. The van der Waals surface area contributed by atoms with Gasteiger partial charge in [-0.15, -0.1) is 0 Å². The summed E-state index contributed by atoms with van der Waals surface area (Å²) in [5.74, 6) is -1.03. The number of aromatic nitrogens is 1. The van der Waals surface area contributed by atoms with Crippen molar-refractivity contribution in [1.82, 2.24) is 4.98 Å². The van der Waals surface area contributed by atoms with Crippen molar-refractivity contribution in [2.45, 2.75) is 37.4 Å². The van der Waals surface area contributed by atoms with Gasteiger partial charge in [0.15, 0.2) is 0 Å². The molecular formula is C12H13F3N2O2. The quantitative estimate of drug-likeness (QED) is 0.889. The Hall–Kier alpha value is -1.79. The molecule has 4 nitrogen and oxygen atoms in total. The number of nitrogens with one attached hydrogen (secondary N) is 1. The van der Waals surface area contributed by atoms with Crippen molar-refractivity contribution < 1.29 is 23.1 Å². The topological polar surface area (TPSA) is 62.2 Å². The maximum absolute atomic E-state index is 12.5. The Morgan fingerprint density at radius 1 is 1.37 bits per heavy atom. The van der Waals surface area contributed by atoms with Gasteiger partial charge in [-0.3, -0.25) is 4.98 Å². The molecular weight excluding hydrogens is 261 g/mol. The predicted octanol–water partition coefficient (Wildman–Crippen LogP) is 2.91. The summed E-state index contributed by atoms with van der Waals surface area (Å²) in [6, 6.07) is 2.18. The molecule has 1 fully saturated rings. The molecule has 0 aromatic carbocycles. The first-order chi connectivity index (χ1) is 8.83. The molecule has 1 aliphatic rings. The van der Waals surface area contributed by atoms with E-state index >= 15 is 0 Å². The Labute approximate surface area is 107 Å². The number of carbonyl (C=O) groups is 1. The Kier molecular flexibility index (Phi) is 3.38. The Morgan fingerprint density at radius 2 is 2.00 bits per heavy atom. The molecule has 1 aromatic rings. The van der Waals surface area contributed by atoms with Gasteiger partial charge in [-0.05, 0) is 25.0 Å².